The number of carbonyl (C=O) groups is 1. The summed E-state index contributed by atoms with van der Waals surface area (Å²) >= 11 is 0. The van der Waals surface area contributed by atoms with Crippen molar-refractivity contribution in [3.8, 4) is 0 Å². The van der Waals surface area contributed by atoms with Crippen molar-refractivity contribution in [3.63, 3.8) is 0 Å². The fourth-order valence-electron chi connectivity index (χ4n) is 5.02. The Balaban J connectivity index is 1.63. The van der Waals surface area contributed by atoms with Crippen molar-refractivity contribution in [1.82, 2.24) is 4.90 Å². The predicted octanol–water partition coefficient (Wildman–Crippen LogP) is 7.79. The van der Waals surface area contributed by atoms with Crippen LogP contribution in [-0.2, 0) is 9.22 Å². The third-order valence-corrected chi connectivity index (χ3v) is 12.9. The highest BCUT2D eigenvalue weighted by atomic mass is 28.4. The molecule has 0 spiro atoms. The van der Waals surface area contributed by atoms with E-state index in [1.54, 1.807) is 0 Å². The molecule has 0 aliphatic heterocycles. The summed E-state index contributed by atoms with van der Waals surface area (Å²) in [6, 6.07) is 31.3. The van der Waals surface area contributed by atoms with Crippen LogP contribution in [0.25, 0.3) is 0 Å². The van der Waals surface area contributed by atoms with Crippen molar-refractivity contribution in [3.05, 3.63) is 108 Å². The molecule has 1 amide bonds. The molecule has 0 saturated heterocycles. The number of hydrogen-bond acceptors (Lipinski definition) is 2. The number of carbonyl (C=O) groups excluding carboxylic acids is 1. The molecule has 3 aromatic carbocycles. The Morgan fingerprint density at radius 1 is 0.806 bits per heavy atom. The zero-order valence-electron chi connectivity index (χ0n) is 22.8. The van der Waals surface area contributed by atoms with E-state index in [0.29, 0.717) is 0 Å². The van der Waals surface area contributed by atoms with Crippen LogP contribution in [0.15, 0.2) is 91.0 Å². The topological polar surface area (TPSA) is 29.5 Å². The van der Waals surface area contributed by atoms with Crippen molar-refractivity contribution < 1.29 is 9.22 Å². The summed E-state index contributed by atoms with van der Waals surface area (Å²) < 4.78 is 6.99. The standard InChI is InChI=1S/C32H41NO2Si/c1-23(30(26-21-15-10-16-22-26)35-36(6,7)32(2,3)4)33(5)31(34)29-27(24-17-11-8-12-18-24)28(29)25-19-13-9-14-20-25/h8-23,27-30H,1-7H3/t23-,27-,28+,29?,30-/m0/s1. The van der Waals surface area contributed by atoms with Crippen molar-refractivity contribution >= 4 is 14.2 Å². The van der Waals surface area contributed by atoms with Gasteiger partial charge in [-0.15, -0.1) is 0 Å². The third kappa shape index (κ3) is 5.35. The number of likely N-dealkylation sites (N-methyl/N-ethyl adjacent to an activating group) is 1. The fraction of sp³-hybridized carbons (Fsp3) is 0.406. The number of benzene rings is 3. The summed E-state index contributed by atoms with van der Waals surface area (Å²) in [5.74, 6) is 0.538. The number of nitrogens with zero attached hydrogens (tertiary/aromatic N) is 1. The largest absolute Gasteiger partial charge is 0.408 e. The molecule has 190 valence electrons. The number of rotatable bonds is 8. The Hall–Kier alpha value is -2.69. The monoisotopic (exact) mass is 499 g/mol. The van der Waals surface area contributed by atoms with E-state index in [0.717, 1.165) is 5.56 Å². The third-order valence-electron chi connectivity index (χ3n) is 8.43. The quantitative estimate of drug-likeness (QED) is 0.296. The van der Waals surface area contributed by atoms with E-state index in [1.807, 2.05) is 30.1 Å². The first-order chi connectivity index (χ1) is 17.0. The summed E-state index contributed by atoms with van der Waals surface area (Å²) in [5.41, 5.74) is 3.61. The first kappa shape index (κ1) is 26.4. The van der Waals surface area contributed by atoms with Gasteiger partial charge in [0.05, 0.1) is 18.1 Å². The van der Waals surface area contributed by atoms with E-state index in [2.05, 4.69) is 114 Å². The van der Waals surface area contributed by atoms with Gasteiger partial charge in [0.25, 0.3) is 0 Å². The molecule has 0 bridgehead atoms. The zero-order chi connectivity index (χ0) is 26.1. The maximum absolute atomic E-state index is 14.1. The lowest BCUT2D eigenvalue weighted by Crippen LogP contribution is -2.48. The minimum absolute atomic E-state index is 0.0634. The van der Waals surface area contributed by atoms with Crippen LogP contribution in [-0.4, -0.2) is 32.2 Å². The van der Waals surface area contributed by atoms with Crippen LogP contribution in [0.4, 0.5) is 0 Å². The van der Waals surface area contributed by atoms with E-state index >= 15 is 0 Å². The molecule has 0 heterocycles. The van der Waals surface area contributed by atoms with Gasteiger partial charge >= 0.3 is 0 Å². The fourth-order valence-corrected chi connectivity index (χ4v) is 6.34. The molecular formula is C32H41NO2Si. The van der Waals surface area contributed by atoms with E-state index < -0.39 is 8.32 Å². The molecule has 3 aromatic rings. The highest BCUT2D eigenvalue weighted by Crippen LogP contribution is 2.61. The second-order valence-corrected chi connectivity index (χ2v) is 16.6. The van der Waals surface area contributed by atoms with Gasteiger partial charge in [-0.1, -0.05) is 112 Å². The minimum atomic E-state index is -2.08. The van der Waals surface area contributed by atoms with Crippen molar-refractivity contribution in [2.75, 3.05) is 7.05 Å². The Labute approximate surface area is 218 Å². The van der Waals surface area contributed by atoms with Gasteiger partial charge in [0, 0.05) is 18.9 Å². The van der Waals surface area contributed by atoms with E-state index in [4.69, 9.17) is 4.43 Å². The van der Waals surface area contributed by atoms with Gasteiger partial charge in [0.15, 0.2) is 8.32 Å². The number of hydrogen-bond donors (Lipinski definition) is 0. The highest BCUT2D eigenvalue weighted by molar-refractivity contribution is 6.74. The van der Waals surface area contributed by atoms with Crippen LogP contribution < -0.4 is 0 Å². The smallest absolute Gasteiger partial charge is 0.227 e. The van der Waals surface area contributed by atoms with Crippen LogP contribution in [0.1, 0.15) is 62.3 Å². The summed E-state index contributed by atoms with van der Waals surface area (Å²) in [6.45, 7) is 13.5. The Kier molecular flexibility index (Phi) is 7.58. The van der Waals surface area contributed by atoms with Gasteiger partial charge in [0.1, 0.15) is 0 Å². The molecule has 0 radical (unpaired) electrons. The van der Waals surface area contributed by atoms with Crippen LogP contribution >= 0.6 is 0 Å². The van der Waals surface area contributed by atoms with Gasteiger partial charge in [-0.2, -0.15) is 0 Å². The lowest BCUT2D eigenvalue weighted by molar-refractivity contribution is -0.135. The van der Waals surface area contributed by atoms with Crippen LogP contribution in [0.3, 0.4) is 0 Å². The maximum atomic E-state index is 14.1. The van der Waals surface area contributed by atoms with Gasteiger partial charge < -0.3 is 9.33 Å². The molecule has 5 atom stereocenters. The Morgan fingerprint density at radius 3 is 1.64 bits per heavy atom. The summed E-state index contributed by atoms with van der Waals surface area (Å²) in [6.07, 6.45) is -0.176. The molecule has 0 aromatic heterocycles. The number of amides is 1. The average Bonchev–Trinajstić information content (AvgIpc) is 3.63. The minimum Gasteiger partial charge on any atom is -0.408 e. The molecule has 1 aliphatic carbocycles. The molecule has 1 saturated carbocycles. The molecule has 4 rings (SSSR count). The summed E-state index contributed by atoms with van der Waals surface area (Å²) in [7, 11) is -0.117. The molecule has 4 heteroatoms. The van der Waals surface area contributed by atoms with Crippen LogP contribution in [0.5, 0.6) is 0 Å². The Bertz CT molecular complexity index is 1100. The molecule has 3 nitrogen and oxygen atoms in total. The Morgan fingerprint density at radius 2 is 1.22 bits per heavy atom. The first-order valence-corrected chi connectivity index (χ1v) is 16.0. The van der Waals surface area contributed by atoms with Crippen molar-refractivity contribution in [2.45, 2.75) is 69.8 Å². The van der Waals surface area contributed by atoms with E-state index in [9.17, 15) is 4.79 Å². The van der Waals surface area contributed by atoms with E-state index in [1.165, 1.54) is 11.1 Å². The van der Waals surface area contributed by atoms with Gasteiger partial charge in [-0.3, -0.25) is 4.79 Å². The van der Waals surface area contributed by atoms with Gasteiger partial charge in [-0.25, -0.2) is 0 Å². The van der Waals surface area contributed by atoms with E-state index in [-0.39, 0.29) is 40.8 Å². The van der Waals surface area contributed by atoms with Gasteiger partial charge in [0.2, 0.25) is 5.91 Å². The first-order valence-electron chi connectivity index (χ1n) is 13.1. The van der Waals surface area contributed by atoms with Crippen molar-refractivity contribution in [2.24, 2.45) is 5.92 Å². The second kappa shape index (κ2) is 10.4. The van der Waals surface area contributed by atoms with Gasteiger partial charge in [-0.05, 0) is 41.7 Å². The molecule has 36 heavy (non-hydrogen) atoms. The lowest BCUT2D eigenvalue weighted by atomic mass is 10.0. The normalized spacial score (nSPS) is 21.5. The zero-order valence-corrected chi connectivity index (χ0v) is 23.8. The molecular weight excluding hydrogens is 458 g/mol. The maximum Gasteiger partial charge on any atom is 0.227 e. The second-order valence-electron chi connectivity index (χ2n) is 11.8. The predicted molar refractivity (Wildman–Crippen MR) is 152 cm³/mol. The molecule has 1 aliphatic rings. The summed E-state index contributed by atoms with van der Waals surface area (Å²) in [4.78, 5) is 16.0. The van der Waals surface area contributed by atoms with Crippen molar-refractivity contribution in [1.29, 1.82) is 0 Å². The average molecular weight is 500 g/mol. The SMILES string of the molecule is C[C@@H]([C@H](O[Si](C)(C)C(C)(C)C)c1ccccc1)N(C)C(=O)C1[C@@H](c2ccccc2)[C@H]1c1ccccc1. The van der Waals surface area contributed by atoms with Crippen LogP contribution in [0, 0.1) is 5.92 Å². The highest BCUT2D eigenvalue weighted by Gasteiger charge is 2.57. The molecule has 1 unspecified atom stereocenters. The summed E-state index contributed by atoms with van der Waals surface area (Å²) in [5, 5.41) is 0.0790. The molecule has 1 fully saturated rings. The van der Waals surface area contributed by atoms with Crippen LogP contribution in [0.2, 0.25) is 18.1 Å². The lowest BCUT2D eigenvalue weighted by Gasteiger charge is -2.43. The molecule has 0 N–H and O–H groups in total.